The van der Waals surface area contributed by atoms with Crippen molar-refractivity contribution in [3.8, 4) is 17.2 Å². The normalized spacial score (nSPS) is 16.4. The van der Waals surface area contributed by atoms with E-state index in [2.05, 4.69) is 5.32 Å². The zero-order valence-electron chi connectivity index (χ0n) is 15.1. The van der Waals surface area contributed by atoms with Crippen molar-refractivity contribution in [3.05, 3.63) is 41.4 Å². The SMILES string of the molecule is COc1ccc(Cl)cc1N[C@@H]1CC(=O)N(c2ccc(OC)c(OC)c2)C1=O. The fourth-order valence-corrected chi connectivity index (χ4v) is 3.13. The molecular formula is C19H19ClN2O5. The molecule has 0 bridgehead atoms. The number of nitrogens with one attached hydrogen (secondary N) is 1. The lowest BCUT2D eigenvalue weighted by Gasteiger charge is -2.18. The van der Waals surface area contributed by atoms with Gasteiger partial charge in [-0.15, -0.1) is 0 Å². The highest BCUT2D eigenvalue weighted by atomic mass is 35.5. The number of carbonyl (C=O) groups excluding carboxylic acids is 2. The minimum atomic E-state index is -0.724. The molecule has 1 aliphatic rings. The maximum atomic E-state index is 12.9. The van der Waals surface area contributed by atoms with Crippen LogP contribution in [-0.4, -0.2) is 39.2 Å². The summed E-state index contributed by atoms with van der Waals surface area (Å²) in [6.07, 6.45) is 0.0167. The van der Waals surface area contributed by atoms with Gasteiger partial charge in [-0.25, -0.2) is 4.90 Å². The van der Waals surface area contributed by atoms with Crippen molar-refractivity contribution in [3.63, 3.8) is 0 Å². The van der Waals surface area contributed by atoms with E-state index >= 15 is 0 Å². The summed E-state index contributed by atoms with van der Waals surface area (Å²) in [4.78, 5) is 26.5. The van der Waals surface area contributed by atoms with Gasteiger partial charge in [0.25, 0.3) is 5.91 Å². The molecule has 2 amide bonds. The van der Waals surface area contributed by atoms with Crippen molar-refractivity contribution in [2.24, 2.45) is 0 Å². The fraction of sp³-hybridized carbons (Fsp3) is 0.263. The molecule has 142 valence electrons. The second-order valence-electron chi connectivity index (χ2n) is 5.85. The van der Waals surface area contributed by atoms with Crippen molar-refractivity contribution in [1.82, 2.24) is 0 Å². The number of amides is 2. The van der Waals surface area contributed by atoms with Crippen LogP contribution in [0.5, 0.6) is 17.2 Å². The Labute approximate surface area is 161 Å². The predicted octanol–water partition coefficient (Wildman–Crippen LogP) is 3.11. The highest BCUT2D eigenvalue weighted by Crippen LogP contribution is 2.35. The summed E-state index contributed by atoms with van der Waals surface area (Å²) < 4.78 is 15.7. The number of hydrogen-bond donors (Lipinski definition) is 1. The molecule has 1 fully saturated rings. The molecule has 27 heavy (non-hydrogen) atoms. The van der Waals surface area contributed by atoms with E-state index in [4.69, 9.17) is 25.8 Å². The summed E-state index contributed by atoms with van der Waals surface area (Å²) in [6.45, 7) is 0. The van der Waals surface area contributed by atoms with Gasteiger partial charge in [-0.1, -0.05) is 11.6 Å². The highest BCUT2D eigenvalue weighted by molar-refractivity contribution is 6.31. The van der Waals surface area contributed by atoms with Crippen LogP contribution in [0.15, 0.2) is 36.4 Å². The molecule has 0 saturated carbocycles. The molecule has 1 saturated heterocycles. The van der Waals surface area contributed by atoms with Gasteiger partial charge in [0.05, 0.1) is 39.1 Å². The Morgan fingerprint density at radius 3 is 2.30 bits per heavy atom. The summed E-state index contributed by atoms with van der Waals surface area (Å²) >= 11 is 6.03. The van der Waals surface area contributed by atoms with Gasteiger partial charge >= 0.3 is 0 Å². The van der Waals surface area contributed by atoms with Gasteiger partial charge in [-0.2, -0.15) is 0 Å². The van der Waals surface area contributed by atoms with Crippen LogP contribution in [-0.2, 0) is 9.59 Å². The topological polar surface area (TPSA) is 77.1 Å². The second kappa shape index (κ2) is 7.75. The van der Waals surface area contributed by atoms with Gasteiger partial charge in [0.15, 0.2) is 11.5 Å². The zero-order valence-corrected chi connectivity index (χ0v) is 15.9. The van der Waals surface area contributed by atoms with Crippen LogP contribution in [0, 0.1) is 0 Å². The summed E-state index contributed by atoms with van der Waals surface area (Å²) in [6, 6.07) is 9.18. The average molecular weight is 391 g/mol. The number of ether oxygens (including phenoxy) is 3. The number of anilines is 2. The lowest BCUT2D eigenvalue weighted by molar-refractivity contribution is -0.121. The van der Waals surface area contributed by atoms with Gasteiger partial charge in [0, 0.05) is 11.1 Å². The Balaban J connectivity index is 1.87. The van der Waals surface area contributed by atoms with Crippen LogP contribution in [0.25, 0.3) is 0 Å². The molecule has 1 N–H and O–H groups in total. The number of nitrogens with zero attached hydrogens (tertiary/aromatic N) is 1. The van der Waals surface area contributed by atoms with E-state index in [1.807, 2.05) is 0 Å². The maximum absolute atomic E-state index is 12.9. The predicted molar refractivity (Wildman–Crippen MR) is 102 cm³/mol. The van der Waals surface area contributed by atoms with Crippen LogP contribution in [0.1, 0.15) is 6.42 Å². The summed E-state index contributed by atoms with van der Waals surface area (Å²) in [5.41, 5.74) is 0.968. The van der Waals surface area contributed by atoms with Gasteiger partial charge in [0.2, 0.25) is 5.91 Å². The largest absolute Gasteiger partial charge is 0.495 e. The van der Waals surface area contributed by atoms with Crippen molar-refractivity contribution < 1.29 is 23.8 Å². The molecule has 0 aliphatic carbocycles. The standard InChI is InChI=1S/C19H19ClN2O5/c1-25-15-6-4-11(20)8-13(15)21-14-10-18(23)22(19(14)24)12-5-7-16(26-2)17(9-12)27-3/h4-9,14,21H,10H2,1-3H3/t14-/m1/s1. The van der Waals surface area contributed by atoms with E-state index in [0.29, 0.717) is 33.6 Å². The van der Waals surface area contributed by atoms with Crippen LogP contribution in [0.2, 0.25) is 5.02 Å². The fourth-order valence-electron chi connectivity index (χ4n) is 2.96. The van der Waals surface area contributed by atoms with Crippen molar-refractivity contribution >= 4 is 34.8 Å². The molecule has 3 rings (SSSR count). The average Bonchev–Trinajstić information content (AvgIpc) is 2.94. The van der Waals surface area contributed by atoms with E-state index in [1.165, 1.54) is 21.3 Å². The molecule has 1 heterocycles. The Morgan fingerprint density at radius 2 is 1.63 bits per heavy atom. The van der Waals surface area contributed by atoms with E-state index in [9.17, 15) is 9.59 Å². The van der Waals surface area contributed by atoms with E-state index < -0.39 is 6.04 Å². The second-order valence-corrected chi connectivity index (χ2v) is 6.29. The molecule has 0 aromatic heterocycles. The summed E-state index contributed by atoms with van der Waals surface area (Å²) in [7, 11) is 4.53. The molecule has 8 heteroatoms. The van der Waals surface area contributed by atoms with Crippen LogP contribution < -0.4 is 24.4 Å². The van der Waals surface area contributed by atoms with Crippen molar-refractivity contribution in [1.29, 1.82) is 0 Å². The highest BCUT2D eigenvalue weighted by Gasteiger charge is 2.40. The number of halogens is 1. The maximum Gasteiger partial charge on any atom is 0.256 e. The minimum Gasteiger partial charge on any atom is -0.495 e. The van der Waals surface area contributed by atoms with Crippen molar-refractivity contribution in [2.45, 2.75) is 12.5 Å². The molecule has 2 aromatic carbocycles. The van der Waals surface area contributed by atoms with Gasteiger partial charge in [-0.3, -0.25) is 9.59 Å². The van der Waals surface area contributed by atoms with E-state index in [0.717, 1.165) is 4.90 Å². The number of carbonyl (C=O) groups is 2. The number of hydrogen-bond acceptors (Lipinski definition) is 6. The lowest BCUT2D eigenvalue weighted by Crippen LogP contribution is -2.34. The number of methoxy groups -OCH3 is 3. The molecular weight excluding hydrogens is 372 g/mol. The molecule has 0 radical (unpaired) electrons. The van der Waals surface area contributed by atoms with Gasteiger partial charge < -0.3 is 19.5 Å². The van der Waals surface area contributed by atoms with Crippen LogP contribution in [0.4, 0.5) is 11.4 Å². The minimum absolute atomic E-state index is 0.0167. The third-order valence-corrected chi connectivity index (χ3v) is 4.50. The molecule has 2 aromatic rings. The van der Waals surface area contributed by atoms with Crippen LogP contribution in [0.3, 0.4) is 0 Å². The number of imide groups is 1. The monoisotopic (exact) mass is 390 g/mol. The number of rotatable bonds is 6. The molecule has 1 atom stereocenters. The zero-order chi connectivity index (χ0) is 19.6. The third kappa shape index (κ3) is 3.64. The Bertz CT molecular complexity index is 886. The van der Waals surface area contributed by atoms with Crippen molar-refractivity contribution in [2.75, 3.05) is 31.5 Å². The molecule has 0 spiro atoms. The van der Waals surface area contributed by atoms with E-state index in [1.54, 1.807) is 36.4 Å². The van der Waals surface area contributed by atoms with Gasteiger partial charge in [-0.05, 0) is 30.3 Å². The Hall–Kier alpha value is -2.93. The first-order chi connectivity index (χ1) is 13.0. The first-order valence-corrected chi connectivity index (χ1v) is 8.55. The quantitative estimate of drug-likeness (QED) is 0.764. The number of benzene rings is 2. The van der Waals surface area contributed by atoms with E-state index in [-0.39, 0.29) is 18.2 Å². The Morgan fingerprint density at radius 1 is 0.963 bits per heavy atom. The Kier molecular flexibility index (Phi) is 5.41. The summed E-state index contributed by atoms with van der Waals surface area (Å²) in [5.74, 6) is 0.798. The molecule has 7 nitrogen and oxygen atoms in total. The summed E-state index contributed by atoms with van der Waals surface area (Å²) in [5, 5.41) is 3.55. The first kappa shape index (κ1) is 18.8. The van der Waals surface area contributed by atoms with Crippen LogP contribution >= 0.6 is 11.6 Å². The molecule has 0 unspecified atom stereocenters. The lowest BCUT2D eigenvalue weighted by atomic mass is 10.2. The third-order valence-electron chi connectivity index (χ3n) is 4.26. The first-order valence-electron chi connectivity index (χ1n) is 8.17. The van der Waals surface area contributed by atoms with Gasteiger partial charge in [0.1, 0.15) is 11.8 Å². The molecule has 1 aliphatic heterocycles. The smallest absolute Gasteiger partial charge is 0.256 e.